The van der Waals surface area contributed by atoms with Gasteiger partial charge in [-0.3, -0.25) is 0 Å². The van der Waals surface area contributed by atoms with Crippen molar-refractivity contribution in [1.29, 1.82) is 0 Å². The average Bonchev–Trinajstić information content (AvgIpc) is 2.14. The molecule has 0 saturated carbocycles. The zero-order valence-electron chi connectivity index (χ0n) is 4.51. The molecule has 0 aliphatic rings. The second-order valence-corrected chi connectivity index (χ2v) is 4.15. The van der Waals surface area contributed by atoms with Crippen molar-refractivity contribution >= 4 is 19.1 Å². The number of nitrogens with zero attached hydrogens (tertiary/aromatic N) is 1. The molecule has 1 heterocycles. The third-order valence-corrected chi connectivity index (χ3v) is 2.71. The molecule has 0 atom stereocenters. The molecule has 0 fully saturated rings. The zero-order chi connectivity index (χ0) is 5.98. The van der Waals surface area contributed by atoms with E-state index in [-0.39, 0.29) is 0 Å². The Kier molecular flexibility index (Phi) is 1.53. The second-order valence-electron chi connectivity index (χ2n) is 1.50. The number of hydrogen-bond donors (Lipinski definition) is 0. The predicted molar refractivity (Wildman–Crippen MR) is 34.4 cm³/mol. The first kappa shape index (κ1) is 5.62. The summed E-state index contributed by atoms with van der Waals surface area (Å²) in [6, 6.07) is 3.93. The Balaban J connectivity index is 3.05. The first-order chi connectivity index (χ1) is 3.83. The van der Waals surface area contributed by atoms with Crippen molar-refractivity contribution in [2.75, 3.05) is 0 Å². The van der Waals surface area contributed by atoms with E-state index >= 15 is 0 Å². The Labute approximate surface area is 54.5 Å². The Bertz CT molecular complexity index is 219. The van der Waals surface area contributed by atoms with Gasteiger partial charge in [0, 0.05) is 0 Å². The third-order valence-electron chi connectivity index (χ3n) is 0.836. The van der Waals surface area contributed by atoms with Crippen LogP contribution in [0.5, 0.6) is 0 Å². The van der Waals surface area contributed by atoms with Crippen LogP contribution in [0.15, 0.2) is 12.1 Å². The molecule has 8 heavy (non-hydrogen) atoms. The van der Waals surface area contributed by atoms with Crippen LogP contribution in [0.3, 0.4) is 0 Å². The van der Waals surface area contributed by atoms with Crippen LogP contribution in [0.4, 0.5) is 4.56 Å². The zero-order valence-corrected chi connectivity index (χ0v) is 6.22. The van der Waals surface area contributed by atoms with Crippen LogP contribution in [0.25, 0.3) is 4.85 Å². The van der Waals surface area contributed by atoms with E-state index in [4.69, 9.17) is 6.57 Å². The summed E-state index contributed by atoms with van der Waals surface area (Å²) in [6.07, 6.45) is 0. The van der Waals surface area contributed by atoms with E-state index in [2.05, 4.69) is 11.8 Å². The van der Waals surface area contributed by atoms with Gasteiger partial charge in [-0.05, 0) is 0 Å². The molecule has 1 aromatic heterocycles. The van der Waals surface area contributed by atoms with Gasteiger partial charge in [0.15, 0.2) is 0 Å². The Morgan fingerprint density at radius 2 is 2.38 bits per heavy atom. The molecule has 0 aliphatic heterocycles. The van der Waals surface area contributed by atoms with E-state index in [1.165, 1.54) is 4.44 Å². The van der Waals surface area contributed by atoms with Gasteiger partial charge in [0.1, 0.15) is 0 Å². The van der Waals surface area contributed by atoms with Gasteiger partial charge in [-0.25, -0.2) is 0 Å². The molecule has 0 spiro atoms. The maximum absolute atomic E-state index is 6.63. The molecule has 1 aromatic rings. The van der Waals surface area contributed by atoms with Gasteiger partial charge in [0.2, 0.25) is 0 Å². The van der Waals surface area contributed by atoms with Crippen LogP contribution in [0.2, 0.25) is 0 Å². The molecule has 40 valence electrons. The van der Waals surface area contributed by atoms with Crippen molar-refractivity contribution in [1.82, 2.24) is 0 Å². The van der Waals surface area contributed by atoms with Crippen LogP contribution in [-0.4, -0.2) is 14.5 Å². The van der Waals surface area contributed by atoms with E-state index in [1.54, 1.807) is 0 Å². The van der Waals surface area contributed by atoms with Crippen molar-refractivity contribution in [2.45, 2.75) is 6.92 Å². The van der Waals surface area contributed by atoms with Crippen molar-refractivity contribution in [3.8, 4) is 0 Å². The van der Waals surface area contributed by atoms with Crippen molar-refractivity contribution in [3.63, 3.8) is 0 Å². The molecule has 1 nitrogen and oxygen atoms in total. The molecule has 0 N–H and O–H groups in total. The van der Waals surface area contributed by atoms with Gasteiger partial charge >= 0.3 is 54.0 Å². The fraction of sp³-hybridized carbons (Fsp3) is 0.167. The first-order valence-corrected chi connectivity index (χ1v) is 3.98. The normalized spacial score (nSPS) is 8.50. The van der Waals surface area contributed by atoms with Gasteiger partial charge in [0.05, 0.1) is 0 Å². The minimum atomic E-state index is 0.363. The Morgan fingerprint density at radius 1 is 1.62 bits per heavy atom. The molecular formula is C6H5NSe. The molecule has 0 radical (unpaired) electrons. The van der Waals surface area contributed by atoms with E-state index in [0.29, 0.717) is 14.5 Å². The average molecular weight is 170 g/mol. The Hall–Kier alpha value is -0.511. The first-order valence-electron chi connectivity index (χ1n) is 2.27. The summed E-state index contributed by atoms with van der Waals surface area (Å²) in [5.41, 5.74) is 0. The summed E-state index contributed by atoms with van der Waals surface area (Å²) in [7, 11) is 0. The van der Waals surface area contributed by atoms with Crippen molar-refractivity contribution in [3.05, 3.63) is 28.0 Å². The molecule has 0 aliphatic carbocycles. The van der Waals surface area contributed by atoms with Gasteiger partial charge in [-0.2, -0.15) is 0 Å². The fourth-order valence-electron chi connectivity index (χ4n) is 0.482. The fourth-order valence-corrected chi connectivity index (χ4v) is 1.84. The van der Waals surface area contributed by atoms with E-state index < -0.39 is 0 Å². The van der Waals surface area contributed by atoms with Gasteiger partial charge in [0.25, 0.3) is 0 Å². The topological polar surface area (TPSA) is 4.36 Å². The molecule has 0 amide bonds. The van der Waals surface area contributed by atoms with E-state index in [0.717, 1.165) is 4.56 Å². The molecule has 0 bridgehead atoms. The van der Waals surface area contributed by atoms with E-state index in [9.17, 15) is 0 Å². The molecular weight excluding hydrogens is 165 g/mol. The number of rotatable bonds is 0. The van der Waals surface area contributed by atoms with Gasteiger partial charge < -0.3 is 0 Å². The summed E-state index contributed by atoms with van der Waals surface area (Å²) in [5, 5.41) is 0. The molecule has 2 heteroatoms. The van der Waals surface area contributed by atoms with E-state index in [1.807, 2.05) is 12.1 Å². The quantitative estimate of drug-likeness (QED) is 0.411. The summed E-state index contributed by atoms with van der Waals surface area (Å²) in [6.45, 7) is 8.69. The van der Waals surface area contributed by atoms with Crippen LogP contribution >= 0.6 is 0 Å². The second kappa shape index (κ2) is 2.17. The summed E-state index contributed by atoms with van der Waals surface area (Å²) < 4.78 is 2.28. The van der Waals surface area contributed by atoms with Crippen LogP contribution in [-0.2, 0) is 0 Å². The molecule has 1 rings (SSSR count). The molecule has 0 aromatic carbocycles. The van der Waals surface area contributed by atoms with Crippen molar-refractivity contribution < 1.29 is 0 Å². The van der Waals surface area contributed by atoms with Crippen molar-refractivity contribution in [2.24, 2.45) is 0 Å². The number of hydrogen-bond acceptors (Lipinski definition) is 0. The van der Waals surface area contributed by atoms with Crippen LogP contribution in [0, 0.1) is 13.5 Å². The summed E-state index contributed by atoms with van der Waals surface area (Å²) in [5.74, 6) is 0. The molecule has 0 unspecified atom stereocenters. The van der Waals surface area contributed by atoms with Crippen LogP contribution in [0.1, 0.15) is 4.44 Å². The third kappa shape index (κ3) is 1.01. The summed E-state index contributed by atoms with van der Waals surface area (Å²) >= 11 is 0.363. The number of aryl methyl sites for hydroxylation is 1. The maximum atomic E-state index is 6.63. The Morgan fingerprint density at radius 3 is 2.62 bits per heavy atom. The van der Waals surface area contributed by atoms with Gasteiger partial charge in [-0.15, -0.1) is 0 Å². The SMILES string of the molecule is [C-]#[N+]c1ccc(C)[se]1. The minimum absolute atomic E-state index is 0.363. The van der Waals surface area contributed by atoms with Gasteiger partial charge in [-0.1, -0.05) is 0 Å². The van der Waals surface area contributed by atoms with Crippen LogP contribution < -0.4 is 0 Å². The summed E-state index contributed by atoms with van der Waals surface area (Å²) in [4.78, 5) is 3.32. The molecule has 0 saturated heterocycles. The predicted octanol–water partition coefficient (Wildman–Crippen LogP) is 1.60. The standard InChI is InChI=1S/C6H5NSe/c1-5-3-4-6(7-2)8-5/h3-4H,1H3. The monoisotopic (exact) mass is 171 g/mol.